The summed E-state index contributed by atoms with van der Waals surface area (Å²) < 4.78 is 0. The predicted octanol–water partition coefficient (Wildman–Crippen LogP) is 13.0. The Labute approximate surface area is 301 Å². The van der Waals surface area contributed by atoms with Crippen LogP contribution in [0.15, 0.2) is 146 Å². The lowest BCUT2D eigenvalue weighted by molar-refractivity contribution is 0.590. The molecule has 0 aliphatic carbocycles. The highest BCUT2D eigenvalue weighted by Crippen LogP contribution is 2.43. The number of H-pyrrole nitrogens is 1. The summed E-state index contributed by atoms with van der Waals surface area (Å²) in [6.07, 6.45) is 1.89. The third kappa shape index (κ3) is 6.25. The van der Waals surface area contributed by atoms with Crippen LogP contribution in [-0.4, -0.2) is 15.0 Å². The van der Waals surface area contributed by atoms with Gasteiger partial charge < -0.3 is 4.98 Å². The van der Waals surface area contributed by atoms with E-state index in [2.05, 4.69) is 180 Å². The first-order valence-electron chi connectivity index (χ1n) is 17.8. The molecule has 8 aromatic rings. The Hall–Kier alpha value is -5.80. The van der Waals surface area contributed by atoms with Crippen molar-refractivity contribution in [3.05, 3.63) is 157 Å². The second-order valence-electron chi connectivity index (χ2n) is 15.7. The minimum Gasteiger partial charge on any atom is -0.353 e. The first kappa shape index (κ1) is 32.4. The number of fused-ring (bicyclic) bond motifs is 3. The summed E-state index contributed by atoms with van der Waals surface area (Å²) in [5.74, 6) is 0. The number of aromatic amines is 1. The van der Waals surface area contributed by atoms with Gasteiger partial charge in [-0.25, -0.2) is 4.98 Å². The van der Waals surface area contributed by atoms with Gasteiger partial charge >= 0.3 is 0 Å². The lowest BCUT2D eigenvalue weighted by atomic mass is 9.82. The molecule has 250 valence electrons. The summed E-state index contributed by atoms with van der Waals surface area (Å²) in [5.41, 5.74) is 15.3. The van der Waals surface area contributed by atoms with Gasteiger partial charge in [0.2, 0.25) is 0 Å². The number of aromatic nitrogens is 3. The van der Waals surface area contributed by atoms with E-state index in [0.29, 0.717) is 0 Å². The third-order valence-corrected chi connectivity index (χ3v) is 9.97. The number of pyridine rings is 2. The van der Waals surface area contributed by atoms with Gasteiger partial charge in [0.25, 0.3) is 0 Å². The Morgan fingerprint density at radius 2 is 0.882 bits per heavy atom. The Morgan fingerprint density at radius 3 is 1.45 bits per heavy atom. The fourth-order valence-electron chi connectivity index (χ4n) is 6.99. The summed E-state index contributed by atoms with van der Waals surface area (Å²) in [6, 6.07) is 50.0. The molecule has 51 heavy (non-hydrogen) atoms. The SMILES string of the molecule is CC(C)(C)c1cc(-c2ccccc2)c2[nH]c3c(-c4cc(-c5ccccc5)cc(-c5cc(-c6ccccc6)ccn5)n4)cc(C(C)(C)C)cc3c2c1. The summed E-state index contributed by atoms with van der Waals surface area (Å²) in [7, 11) is 0. The average molecular weight is 662 g/mol. The molecular weight excluding hydrogens is 619 g/mol. The molecule has 0 bridgehead atoms. The fourth-order valence-corrected chi connectivity index (χ4v) is 6.99. The molecule has 5 aromatic carbocycles. The van der Waals surface area contributed by atoms with Crippen LogP contribution in [0.4, 0.5) is 0 Å². The molecule has 3 nitrogen and oxygen atoms in total. The Morgan fingerprint density at radius 1 is 0.412 bits per heavy atom. The third-order valence-electron chi connectivity index (χ3n) is 9.97. The van der Waals surface area contributed by atoms with Crippen molar-refractivity contribution in [3.63, 3.8) is 0 Å². The molecule has 0 unspecified atom stereocenters. The number of benzene rings is 5. The first-order chi connectivity index (χ1) is 24.5. The first-order valence-corrected chi connectivity index (χ1v) is 17.8. The van der Waals surface area contributed by atoms with Gasteiger partial charge in [-0.15, -0.1) is 0 Å². The van der Waals surface area contributed by atoms with Crippen LogP contribution >= 0.6 is 0 Å². The van der Waals surface area contributed by atoms with E-state index in [1.807, 2.05) is 12.3 Å². The van der Waals surface area contributed by atoms with E-state index >= 15 is 0 Å². The van der Waals surface area contributed by atoms with Crippen molar-refractivity contribution >= 4 is 21.8 Å². The highest BCUT2D eigenvalue weighted by molar-refractivity contribution is 6.16. The number of hydrogen-bond acceptors (Lipinski definition) is 2. The number of nitrogens with one attached hydrogen (secondary N) is 1. The van der Waals surface area contributed by atoms with Crippen LogP contribution in [0.2, 0.25) is 0 Å². The molecule has 0 saturated heterocycles. The van der Waals surface area contributed by atoms with E-state index in [1.165, 1.54) is 33.0 Å². The Bertz CT molecular complexity index is 2510. The monoisotopic (exact) mass is 661 g/mol. The smallest absolute Gasteiger partial charge is 0.0900 e. The molecule has 0 spiro atoms. The van der Waals surface area contributed by atoms with Crippen molar-refractivity contribution in [2.75, 3.05) is 0 Å². The number of hydrogen-bond donors (Lipinski definition) is 1. The maximum atomic E-state index is 5.43. The van der Waals surface area contributed by atoms with Crippen molar-refractivity contribution in [3.8, 4) is 56.0 Å². The summed E-state index contributed by atoms with van der Waals surface area (Å²) in [4.78, 5) is 14.3. The van der Waals surface area contributed by atoms with Gasteiger partial charge in [-0.3, -0.25) is 4.98 Å². The van der Waals surface area contributed by atoms with Gasteiger partial charge in [0.1, 0.15) is 0 Å². The molecule has 3 heterocycles. The van der Waals surface area contributed by atoms with Gasteiger partial charge in [0, 0.05) is 28.1 Å². The van der Waals surface area contributed by atoms with Gasteiger partial charge in [-0.05, 0) is 98.3 Å². The summed E-state index contributed by atoms with van der Waals surface area (Å²) in [5, 5.41) is 2.45. The van der Waals surface area contributed by atoms with Crippen molar-refractivity contribution < 1.29 is 0 Å². The lowest BCUT2D eigenvalue weighted by Crippen LogP contribution is -2.11. The topological polar surface area (TPSA) is 41.6 Å². The van der Waals surface area contributed by atoms with Crippen LogP contribution in [0.1, 0.15) is 52.7 Å². The van der Waals surface area contributed by atoms with E-state index in [4.69, 9.17) is 9.97 Å². The van der Waals surface area contributed by atoms with E-state index in [9.17, 15) is 0 Å². The van der Waals surface area contributed by atoms with Crippen LogP contribution in [-0.2, 0) is 10.8 Å². The zero-order chi connectivity index (χ0) is 35.3. The molecule has 3 aromatic heterocycles. The fraction of sp³-hybridized carbons (Fsp3) is 0.167. The van der Waals surface area contributed by atoms with Gasteiger partial charge in [0.15, 0.2) is 0 Å². The highest BCUT2D eigenvalue weighted by atomic mass is 14.8. The maximum Gasteiger partial charge on any atom is 0.0900 e. The van der Waals surface area contributed by atoms with Gasteiger partial charge in [0.05, 0.1) is 28.1 Å². The lowest BCUT2D eigenvalue weighted by Gasteiger charge is -2.22. The molecular formula is C48H43N3. The molecule has 0 radical (unpaired) electrons. The molecule has 8 rings (SSSR count). The molecule has 0 aliphatic heterocycles. The van der Waals surface area contributed by atoms with Crippen LogP contribution in [0, 0.1) is 0 Å². The van der Waals surface area contributed by atoms with E-state index in [0.717, 1.165) is 55.9 Å². The zero-order valence-electron chi connectivity index (χ0n) is 30.3. The van der Waals surface area contributed by atoms with Crippen LogP contribution in [0.3, 0.4) is 0 Å². The van der Waals surface area contributed by atoms with Crippen LogP contribution < -0.4 is 0 Å². The summed E-state index contributed by atoms with van der Waals surface area (Å²) in [6.45, 7) is 13.8. The second-order valence-corrected chi connectivity index (χ2v) is 15.7. The van der Waals surface area contributed by atoms with Crippen molar-refractivity contribution in [1.82, 2.24) is 15.0 Å². The van der Waals surface area contributed by atoms with E-state index in [1.54, 1.807) is 0 Å². The molecule has 0 atom stereocenters. The van der Waals surface area contributed by atoms with Gasteiger partial charge in [-0.1, -0.05) is 133 Å². The normalized spacial score (nSPS) is 12.1. The molecule has 0 amide bonds. The molecule has 3 heteroatoms. The van der Waals surface area contributed by atoms with Crippen LogP contribution in [0.5, 0.6) is 0 Å². The molecule has 0 saturated carbocycles. The Kier molecular flexibility index (Phi) is 7.95. The van der Waals surface area contributed by atoms with E-state index in [-0.39, 0.29) is 10.8 Å². The predicted molar refractivity (Wildman–Crippen MR) is 216 cm³/mol. The Balaban J connectivity index is 1.43. The molecule has 0 aliphatic rings. The molecule has 1 N–H and O–H groups in total. The standard InChI is InChI=1S/C48H43N3/c1-47(2,3)36-27-38(33-20-14-9-15-21-33)45-39(28-36)40-29-37(48(4,5)6)30-41(46(40)51-45)42-25-35(32-18-12-8-13-19-32)26-44(50-42)43-24-34(22-23-49-43)31-16-10-7-11-17-31/h7-30,51H,1-6H3. The second kappa shape index (κ2) is 12.5. The zero-order valence-corrected chi connectivity index (χ0v) is 30.3. The number of rotatable bonds is 5. The van der Waals surface area contributed by atoms with Crippen LogP contribution in [0.25, 0.3) is 77.8 Å². The highest BCUT2D eigenvalue weighted by Gasteiger charge is 2.24. The minimum atomic E-state index is -0.0815. The van der Waals surface area contributed by atoms with Gasteiger partial charge in [-0.2, -0.15) is 0 Å². The maximum absolute atomic E-state index is 5.43. The summed E-state index contributed by atoms with van der Waals surface area (Å²) >= 11 is 0. The number of nitrogens with zero attached hydrogens (tertiary/aromatic N) is 2. The quantitative estimate of drug-likeness (QED) is 0.199. The van der Waals surface area contributed by atoms with Crippen molar-refractivity contribution in [2.45, 2.75) is 52.4 Å². The van der Waals surface area contributed by atoms with E-state index < -0.39 is 0 Å². The minimum absolute atomic E-state index is 0.0203. The van der Waals surface area contributed by atoms with Crippen molar-refractivity contribution in [1.29, 1.82) is 0 Å². The largest absolute Gasteiger partial charge is 0.353 e. The average Bonchev–Trinajstić information content (AvgIpc) is 3.53. The van der Waals surface area contributed by atoms with Crippen molar-refractivity contribution in [2.24, 2.45) is 0 Å². The molecule has 0 fully saturated rings.